The lowest BCUT2D eigenvalue weighted by Gasteiger charge is -2.35. The van der Waals surface area contributed by atoms with Crippen molar-refractivity contribution in [3.63, 3.8) is 0 Å². The maximum atomic E-state index is 12.3. The molecule has 6 nitrogen and oxygen atoms in total. The summed E-state index contributed by atoms with van der Waals surface area (Å²) in [5.74, 6) is -0.248. The lowest BCUT2D eigenvalue weighted by molar-refractivity contribution is -0.200. The van der Waals surface area contributed by atoms with Crippen molar-refractivity contribution in [3.05, 3.63) is 29.8 Å². The van der Waals surface area contributed by atoms with Gasteiger partial charge in [0.25, 0.3) is 10.1 Å². The Balaban J connectivity index is 1.83. The third-order valence-electron chi connectivity index (χ3n) is 4.01. The normalized spacial score (nSPS) is 35.9. The number of aliphatic hydroxyl groups is 1. The van der Waals surface area contributed by atoms with Crippen molar-refractivity contribution in [2.75, 3.05) is 6.61 Å². The number of rotatable bonds is 3. The third kappa shape index (κ3) is 2.72. The summed E-state index contributed by atoms with van der Waals surface area (Å²) >= 11 is 0. The van der Waals surface area contributed by atoms with E-state index in [1.165, 1.54) is 12.1 Å². The van der Waals surface area contributed by atoms with Gasteiger partial charge in [-0.25, -0.2) is 0 Å². The summed E-state index contributed by atoms with van der Waals surface area (Å²) < 4.78 is 40.7. The molecule has 2 bridgehead atoms. The molecule has 5 atom stereocenters. The minimum absolute atomic E-state index is 0.0491. The maximum Gasteiger partial charge on any atom is 0.297 e. The van der Waals surface area contributed by atoms with E-state index in [-0.39, 0.29) is 16.9 Å². The molecule has 3 rings (SSSR count). The van der Waals surface area contributed by atoms with Crippen LogP contribution in [0.15, 0.2) is 29.2 Å². The summed E-state index contributed by atoms with van der Waals surface area (Å²) in [6.07, 6.45) is -3.06. The van der Waals surface area contributed by atoms with E-state index in [2.05, 4.69) is 0 Å². The molecule has 0 amide bonds. The van der Waals surface area contributed by atoms with Crippen LogP contribution < -0.4 is 0 Å². The topological polar surface area (TPSA) is 82.1 Å². The molecule has 7 heteroatoms. The van der Waals surface area contributed by atoms with Crippen molar-refractivity contribution in [1.82, 2.24) is 0 Å². The second kappa shape index (κ2) is 5.33. The van der Waals surface area contributed by atoms with Crippen LogP contribution in [0.25, 0.3) is 0 Å². The van der Waals surface area contributed by atoms with E-state index in [1.54, 1.807) is 19.1 Å². The van der Waals surface area contributed by atoms with Crippen LogP contribution in [0.1, 0.15) is 12.5 Å². The van der Waals surface area contributed by atoms with Crippen molar-refractivity contribution in [3.8, 4) is 0 Å². The molecular formula is C14H18O6S. The number of hydrogen-bond donors (Lipinski definition) is 1. The Morgan fingerprint density at radius 2 is 1.95 bits per heavy atom. The molecule has 0 spiro atoms. The number of benzene rings is 1. The third-order valence-corrected chi connectivity index (χ3v) is 5.34. The summed E-state index contributed by atoms with van der Waals surface area (Å²) in [4.78, 5) is 0.0491. The zero-order valence-electron chi connectivity index (χ0n) is 11.8. The second-order valence-electron chi connectivity index (χ2n) is 5.55. The van der Waals surface area contributed by atoms with Crippen LogP contribution >= 0.6 is 0 Å². The quantitative estimate of drug-likeness (QED) is 0.832. The Hall–Kier alpha value is -0.990. The van der Waals surface area contributed by atoms with Crippen LogP contribution in [-0.2, 0) is 23.8 Å². The fourth-order valence-electron chi connectivity index (χ4n) is 2.58. The van der Waals surface area contributed by atoms with Gasteiger partial charge in [0.05, 0.1) is 23.7 Å². The van der Waals surface area contributed by atoms with Gasteiger partial charge in [0.2, 0.25) is 0 Å². The zero-order chi connectivity index (χ0) is 15.2. The molecule has 2 aliphatic rings. The number of aliphatic hydroxyl groups excluding tert-OH is 1. The molecule has 2 saturated heterocycles. The van der Waals surface area contributed by atoms with Gasteiger partial charge in [-0.1, -0.05) is 24.6 Å². The Morgan fingerprint density at radius 3 is 2.62 bits per heavy atom. The molecular weight excluding hydrogens is 296 g/mol. The Bertz CT molecular complexity index is 611. The average molecular weight is 314 g/mol. The molecule has 2 heterocycles. The van der Waals surface area contributed by atoms with Gasteiger partial charge in [-0.2, -0.15) is 8.42 Å². The summed E-state index contributed by atoms with van der Waals surface area (Å²) in [6.45, 7) is 3.99. The summed E-state index contributed by atoms with van der Waals surface area (Å²) in [5.41, 5.74) is 0.950. The fraction of sp³-hybridized carbons (Fsp3) is 0.571. The van der Waals surface area contributed by atoms with Crippen molar-refractivity contribution in [1.29, 1.82) is 0 Å². The first-order valence-corrected chi connectivity index (χ1v) is 8.24. The summed E-state index contributed by atoms with van der Waals surface area (Å²) in [6, 6.07) is 6.33. The van der Waals surface area contributed by atoms with Crippen molar-refractivity contribution in [2.24, 2.45) is 5.92 Å². The van der Waals surface area contributed by atoms with E-state index in [4.69, 9.17) is 13.7 Å². The van der Waals surface area contributed by atoms with Gasteiger partial charge >= 0.3 is 0 Å². The molecule has 1 N–H and O–H groups in total. The molecule has 0 saturated carbocycles. The average Bonchev–Trinajstić information content (AvgIpc) is 2.89. The van der Waals surface area contributed by atoms with Crippen molar-refractivity contribution >= 4 is 10.1 Å². The van der Waals surface area contributed by atoms with Crippen LogP contribution in [0.3, 0.4) is 0 Å². The first kappa shape index (κ1) is 14.9. The minimum Gasteiger partial charge on any atom is -0.390 e. The highest BCUT2D eigenvalue weighted by atomic mass is 32.2. The standard InChI is InChI=1S/C14H18O6S/c1-8-3-5-10(6-4-8)21(16,17)20-13-12(15)9(2)11-7-18-14(13)19-11/h3-6,9,11-15H,7H2,1-2H3/t9-,11-,12+,13-,14-/m1/s1. The fourth-order valence-corrected chi connectivity index (χ4v) is 3.66. The molecule has 0 radical (unpaired) electrons. The number of hydrogen-bond acceptors (Lipinski definition) is 6. The Morgan fingerprint density at radius 1 is 1.29 bits per heavy atom. The maximum absolute atomic E-state index is 12.3. The van der Waals surface area contributed by atoms with Gasteiger partial charge in [-0.3, -0.25) is 4.18 Å². The van der Waals surface area contributed by atoms with Crippen LogP contribution in [0.2, 0.25) is 0 Å². The van der Waals surface area contributed by atoms with Gasteiger partial charge in [0, 0.05) is 5.92 Å². The molecule has 0 aliphatic carbocycles. The van der Waals surface area contributed by atoms with Gasteiger partial charge in [0.15, 0.2) is 12.4 Å². The predicted octanol–water partition coefficient (Wildman–Crippen LogP) is 0.821. The van der Waals surface area contributed by atoms with E-state index in [0.29, 0.717) is 6.61 Å². The van der Waals surface area contributed by atoms with E-state index in [0.717, 1.165) is 5.56 Å². The highest BCUT2D eigenvalue weighted by Crippen LogP contribution is 2.35. The largest absolute Gasteiger partial charge is 0.390 e. The second-order valence-corrected chi connectivity index (χ2v) is 7.13. The van der Waals surface area contributed by atoms with Gasteiger partial charge < -0.3 is 14.6 Å². The van der Waals surface area contributed by atoms with E-state index in [9.17, 15) is 13.5 Å². The van der Waals surface area contributed by atoms with Crippen LogP contribution in [-0.4, -0.2) is 44.7 Å². The monoisotopic (exact) mass is 314 g/mol. The Labute approximate surface area is 123 Å². The van der Waals surface area contributed by atoms with Crippen molar-refractivity contribution in [2.45, 2.75) is 43.3 Å². The molecule has 0 unspecified atom stereocenters. The minimum atomic E-state index is -3.98. The van der Waals surface area contributed by atoms with Gasteiger partial charge in [-0.05, 0) is 19.1 Å². The number of ether oxygens (including phenoxy) is 2. The van der Waals surface area contributed by atoms with Crippen LogP contribution in [0.5, 0.6) is 0 Å². The smallest absolute Gasteiger partial charge is 0.297 e. The first-order valence-electron chi connectivity index (χ1n) is 6.83. The molecule has 21 heavy (non-hydrogen) atoms. The Kier molecular flexibility index (Phi) is 3.79. The summed E-state index contributed by atoms with van der Waals surface area (Å²) in [5, 5.41) is 10.2. The number of aryl methyl sites for hydroxylation is 1. The molecule has 2 aliphatic heterocycles. The number of fused-ring (bicyclic) bond motifs is 2. The highest BCUT2D eigenvalue weighted by Gasteiger charge is 2.50. The van der Waals surface area contributed by atoms with Gasteiger partial charge in [-0.15, -0.1) is 0 Å². The molecule has 0 aromatic heterocycles. The summed E-state index contributed by atoms with van der Waals surface area (Å²) in [7, 11) is -3.98. The first-order chi connectivity index (χ1) is 9.88. The SMILES string of the molecule is Cc1ccc(S(=O)(=O)O[C@H]2[C@@H]3OC[C@@H](O3)[C@@H](C)[C@@H]2O)cc1. The molecule has 1 aromatic carbocycles. The lowest BCUT2D eigenvalue weighted by Crippen LogP contribution is -2.51. The zero-order valence-corrected chi connectivity index (χ0v) is 12.6. The highest BCUT2D eigenvalue weighted by molar-refractivity contribution is 7.86. The van der Waals surface area contributed by atoms with Crippen molar-refractivity contribution < 1.29 is 27.2 Å². The van der Waals surface area contributed by atoms with Gasteiger partial charge in [0.1, 0.15) is 0 Å². The molecule has 2 fully saturated rings. The lowest BCUT2D eigenvalue weighted by atomic mass is 9.93. The molecule has 1 aromatic rings. The van der Waals surface area contributed by atoms with Crippen LogP contribution in [0.4, 0.5) is 0 Å². The molecule has 116 valence electrons. The predicted molar refractivity (Wildman–Crippen MR) is 73.0 cm³/mol. The van der Waals surface area contributed by atoms with E-state index >= 15 is 0 Å². The van der Waals surface area contributed by atoms with E-state index in [1.807, 2.05) is 6.92 Å². The van der Waals surface area contributed by atoms with Crippen LogP contribution in [0, 0.1) is 12.8 Å². The van der Waals surface area contributed by atoms with E-state index < -0.39 is 28.6 Å².